The smallest absolute Gasteiger partial charge is 0.306 e. The average molecular weight is 347 g/mol. The summed E-state index contributed by atoms with van der Waals surface area (Å²) < 4.78 is 18.8. The van der Waals surface area contributed by atoms with Crippen molar-refractivity contribution in [2.45, 2.75) is 19.9 Å². The van der Waals surface area contributed by atoms with Crippen molar-refractivity contribution in [3.8, 4) is 5.75 Å². The molecule has 2 N–H and O–H groups in total. The number of carbonyl (C=O) groups excluding carboxylic acids is 1. The number of nitrogens with one attached hydrogen (secondary N) is 2. The molecule has 0 saturated heterocycles. The minimum atomic E-state index is -0.959. The summed E-state index contributed by atoms with van der Waals surface area (Å²) in [6, 6.07) is 9.71. The number of para-hydroxylation sites is 2. The quantitative estimate of drug-likeness (QED) is 0.590. The minimum Gasteiger partial charge on any atom is -0.492 e. The summed E-state index contributed by atoms with van der Waals surface area (Å²) in [5, 5.41) is 16.3. The minimum absolute atomic E-state index is 0.143. The van der Waals surface area contributed by atoms with Crippen LogP contribution in [0.3, 0.4) is 0 Å². The van der Waals surface area contributed by atoms with E-state index >= 15 is 0 Å². The van der Waals surface area contributed by atoms with Gasteiger partial charge in [-0.1, -0.05) is 12.1 Å². The fraction of sp³-hybridized carbons (Fsp3) is 0.235. The van der Waals surface area contributed by atoms with Gasteiger partial charge in [0.15, 0.2) is 0 Å². The summed E-state index contributed by atoms with van der Waals surface area (Å²) in [5.74, 6) is -0.769. The number of nitrogens with zero attached hydrogens (tertiary/aromatic N) is 1. The molecule has 0 saturated carbocycles. The van der Waals surface area contributed by atoms with Gasteiger partial charge in [-0.3, -0.25) is 14.9 Å². The van der Waals surface area contributed by atoms with Crippen molar-refractivity contribution in [1.82, 2.24) is 0 Å². The fourth-order valence-electron chi connectivity index (χ4n) is 2.15. The molecule has 0 spiro atoms. The molecular weight excluding hydrogens is 329 g/mol. The van der Waals surface area contributed by atoms with E-state index in [1.807, 2.05) is 13.0 Å². The second-order valence-electron chi connectivity index (χ2n) is 5.21. The van der Waals surface area contributed by atoms with E-state index < -0.39 is 28.4 Å². The van der Waals surface area contributed by atoms with Crippen LogP contribution < -0.4 is 15.4 Å². The number of anilines is 2. The maximum atomic E-state index is 13.3. The number of hydrogen-bond donors (Lipinski definition) is 2. The molecule has 0 radical (unpaired) electrons. The van der Waals surface area contributed by atoms with E-state index in [-0.39, 0.29) is 5.69 Å². The standard InChI is InChI=1S/C17H18FN3O4/c1-3-25-16-7-5-4-6-14(16)19-11(2)17(22)20-12-8-9-13(18)15(10-12)21(23)24/h4-11,19H,3H2,1-2H3,(H,20,22)/t11-/m1/s1. The Labute approximate surface area is 144 Å². The van der Waals surface area contributed by atoms with Crippen LogP contribution in [0.15, 0.2) is 42.5 Å². The van der Waals surface area contributed by atoms with E-state index in [1.54, 1.807) is 25.1 Å². The number of halogens is 1. The van der Waals surface area contributed by atoms with Crippen LogP contribution in [0.1, 0.15) is 13.8 Å². The predicted octanol–water partition coefficient (Wildman–Crippen LogP) is 3.57. The summed E-state index contributed by atoms with van der Waals surface area (Å²) in [6.45, 7) is 3.98. The van der Waals surface area contributed by atoms with Crippen LogP contribution in [0.25, 0.3) is 0 Å². The van der Waals surface area contributed by atoms with E-state index in [2.05, 4.69) is 10.6 Å². The monoisotopic (exact) mass is 347 g/mol. The molecule has 7 nitrogen and oxygen atoms in total. The lowest BCUT2D eigenvalue weighted by molar-refractivity contribution is -0.387. The van der Waals surface area contributed by atoms with Crippen LogP contribution in [-0.4, -0.2) is 23.5 Å². The molecule has 2 aromatic rings. The van der Waals surface area contributed by atoms with Gasteiger partial charge in [0.2, 0.25) is 11.7 Å². The Kier molecular flexibility index (Phi) is 5.89. The van der Waals surface area contributed by atoms with Gasteiger partial charge in [0, 0.05) is 11.8 Å². The van der Waals surface area contributed by atoms with Gasteiger partial charge < -0.3 is 15.4 Å². The number of amides is 1. The molecule has 0 aliphatic carbocycles. The molecule has 2 rings (SSSR count). The largest absolute Gasteiger partial charge is 0.492 e. The SMILES string of the molecule is CCOc1ccccc1N[C@H](C)C(=O)Nc1ccc(F)c([N+](=O)[O-])c1. The van der Waals surface area contributed by atoms with Crippen LogP contribution >= 0.6 is 0 Å². The van der Waals surface area contributed by atoms with Gasteiger partial charge in [-0.05, 0) is 38.1 Å². The van der Waals surface area contributed by atoms with E-state index in [9.17, 15) is 19.3 Å². The van der Waals surface area contributed by atoms with Gasteiger partial charge >= 0.3 is 5.69 Å². The van der Waals surface area contributed by atoms with Gasteiger partial charge in [-0.15, -0.1) is 0 Å². The van der Waals surface area contributed by atoms with Gasteiger partial charge in [0.05, 0.1) is 17.2 Å². The second kappa shape index (κ2) is 8.09. The molecule has 2 aromatic carbocycles. The molecule has 0 aliphatic heterocycles. The van der Waals surface area contributed by atoms with Gasteiger partial charge in [-0.2, -0.15) is 4.39 Å². The first-order valence-electron chi connectivity index (χ1n) is 7.65. The number of nitro benzene ring substituents is 1. The highest BCUT2D eigenvalue weighted by molar-refractivity contribution is 5.96. The Balaban J connectivity index is 2.08. The fourth-order valence-corrected chi connectivity index (χ4v) is 2.15. The van der Waals surface area contributed by atoms with Crippen molar-refractivity contribution in [3.63, 3.8) is 0 Å². The molecule has 0 unspecified atom stereocenters. The molecule has 0 bridgehead atoms. The first-order valence-corrected chi connectivity index (χ1v) is 7.65. The molecule has 0 aliphatic rings. The third kappa shape index (κ3) is 4.66. The van der Waals surface area contributed by atoms with Gasteiger partial charge in [-0.25, -0.2) is 0 Å². The summed E-state index contributed by atoms with van der Waals surface area (Å²) >= 11 is 0. The van der Waals surface area contributed by atoms with Gasteiger partial charge in [0.25, 0.3) is 0 Å². The first kappa shape index (κ1) is 18.2. The van der Waals surface area contributed by atoms with Gasteiger partial charge in [0.1, 0.15) is 11.8 Å². The Morgan fingerprint density at radius 2 is 2.04 bits per heavy atom. The van der Waals surface area contributed by atoms with Crippen molar-refractivity contribution in [2.24, 2.45) is 0 Å². The maximum absolute atomic E-state index is 13.3. The maximum Gasteiger partial charge on any atom is 0.306 e. The second-order valence-corrected chi connectivity index (χ2v) is 5.21. The molecule has 0 aromatic heterocycles. The third-order valence-corrected chi connectivity index (χ3v) is 3.36. The topological polar surface area (TPSA) is 93.5 Å². The molecule has 0 heterocycles. The molecule has 1 amide bonds. The van der Waals surface area contributed by atoms with E-state index in [0.29, 0.717) is 18.0 Å². The molecule has 132 valence electrons. The molecule has 25 heavy (non-hydrogen) atoms. The highest BCUT2D eigenvalue weighted by Gasteiger charge is 2.18. The lowest BCUT2D eigenvalue weighted by Crippen LogP contribution is -2.32. The van der Waals surface area contributed by atoms with Crippen LogP contribution in [-0.2, 0) is 4.79 Å². The summed E-state index contributed by atoms with van der Waals surface area (Å²) in [6.07, 6.45) is 0. The number of benzene rings is 2. The summed E-state index contributed by atoms with van der Waals surface area (Å²) in [4.78, 5) is 22.2. The molecule has 8 heteroatoms. The normalized spacial score (nSPS) is 11.5. The number of rotatable bonds is 7. The van der Waals surface area contributed by atoms with E-state index in [1.165, 1.54) is 6.07 Å². The molecular formula is C17H18FN3O4. The van der Waals surface area contributed by atoms with Crippen LogP contribution in [0.5, 0.6) is 5.75 Å². The van der Waals surface area contributed by atoms with Crippen molar-refractivity contribution in [3.05, 3.63) is 58.4 Å². The van der Waals surface area contributed by atoms with Crippen molar-refractivity contribution in [1.29, 1.82) is 0 Å². The highest BCUT2D eigenvalue weighted by atomic mass is 19.1. The molecule has 1 atom stereocenters. The van der Waals surface area contributed by atoms with E-state index in [0.717, 1.165) is 12.1 Å². The van der Waals surface area contributed by atoms with Crippen LogP contribution in [0.4, 0.5) is 21.5 Å². The Bertz CT molecular complexity index is 782. The highest BCUT2D eigenvalue weighted by Crippen LogP contribution is 2.25. The average Bonchev–Trinajstić information content (AvgIpc) is 2.58. The number of nitro groups is 1. The zero-order chi connectivity index (χ0) is 18.4. The van der Waals surface area contributed by atoms with Crippen molar-refractivity contribution < 1.29 is 18.8 Å². The Hall–Kier alpha value is -3.16. The zero-order valence-corrected chi connectivity index (χ0v) is 13.8. The van der Waals surface area contributed by atoms with Crippen LogP contribution in [0, 0.1) is 15.9 Å². The summed E-state index contributed by atoms with van der Waals surface area (Å²) in [5.41, 5.74) is 0.0991. The molecule has 0 fully saturated rings. The van der Waals surface area contributed by atoms with Crippen molar-refractivity contribution >= 4 is 23.0 Å². The van der Waals surface area contributed by atoms with Crippen LogP contribution in [0.2, 0.25) is 0 Å². The Morgan fingerprint density at radius 3 is 2.72 bits per heavy atom. The zero-order valence-electron chi connectivity index (χ0n) is 13.8. The number of hydrogen-bond acceptors (Lipinski definition) is 5. The first-order chi connectivity index (χ1) is 11.9. The Morgan fingerprint density at radius 1 is 1.32 bits per heavy atom. The lowest BCUT2D eigenvalue weighted by atomic mass is 10.2. The van der Waals surface area contributed by atoms with Crippen molar-refractivity contribution in [2.75, 3.05) is 17.2 Å². The van der Waals surface area contributed by atoms with E-state index in [4.69, 9.17) is 4.74 Å². The summed E-state index contributed by atoms with van der Waals surface area (Å²) in [7, 11) is 0. The number of ether oxygens (including phenoxy) is 1. The number of carbonyl (C=O) groups is 1. The lowest BCUT2D eigenvalue weighted by Gasteiger charge is -2.17. The predicted molar refractivity (Wildman–Crippen MR) is 92.4 cm³/mol. The third-order valence-electron chi connectivity index (χ3n) is 3.36.